The highest BCUT2D eigenvalue weighted by Gasteiger charge is 2.39. The van der Waals surface area contributed by atoms with E-state index < -0.39 is 0 Å². The minimum atomic E-state index is 0.0872. The highest BCUT2D eigenvalue weighted by molar-refractivity contribution is 5.89. The molecule has 9 rings (SSSR count). The van der Waals surface area contributed by atoms with Crippen LogP contribution >= 0.6 is 0 Å². The number of anilines is 5. The van der Waals surface area contributed by atoms with Crippen molar-refractivity contribution in [3.05, 3.63) is 186 Å². The average molecular weight is 799 g/mol. The van der Waals surface area contributed by atoms with Gasteiger partial charge in [0.15, 0.2) is 0 Å². The summed E-state index contributed by atoms with van der Waals surface area (Å²) in [6.07, 6.45) is 4.75. The smallest absolute Gasteiger partial charge is 0.0470 e. The van der Waals surface area contributed by atoms with Gasteiger partial charge >= 0.3 is 0 Å². The summed E-state index contributed by atoms with van der Waals surface area (Å²) in [5.74, 6) is 0. The topological polar surface area (TPSA) is 15.3 Å². The molecule has 0 aromatic heterocycles. The number of nitrogens with one attached hydrogen (secondary N) is 1. The van der Waals surface area contributed by atoms with E-state index in [4.69, 9.17) is 0 Å². The van der Waals surface area contributed by atoms with Crippen LogP contribution in [0, 0.1) is 6.92 Å². The van der Waals surface area contributed by atoms with Gasteiger partial charge in [-0.05, 0) is 171 Å². The Balaban J connectivity index is 1.22. The molecule has 2 nitrogen and oxygen atoms in total. The predicted octanol–water partition coefficient (Wildman–Crippen LogP) is 16.9. The Bertz CT molecular complexity index is 2640. The summed E-state index contributed by atoms with van der Waals surface area (Å²) in [4.78, 5) is 2.54. The molecule has 7 aromatic carbocycles. The molecule has 0 radical (unpaired) electrons. The van der Waals surface area contributed by atoms with Crippen LogP contribution in [-0.4, -0.2) is 0 Å². The highest BCUT2D eigenvalue weighted by atomic mass is 15.1. The molecule has 2 aliphatic carbocycles. The van der Waals surface area contributed by atoms with E-state index in [-0.39, 0.29) is 21.7 Å². The summed E-state index contributed by atoms with van der Waals surface area (Å²) >= 11 is 0. The van der Waals surface area contributed by atoms with Crippen LogP contribution < -0.4 is 10.2 Å². The van der Waals surface area contributed by atoms with Crippen molar-refractivity contribution >= 4 is 28.4 Å². The molecule has 0 heterocycles. The SMILES string of the molecule is Cc1cc(-c2cc(-c3ccccc3)ccc2Nc2ccc(-c3ccccc3)cc2)cc(N(c2ccc3c(c2)C(C)(C)CCC3(C)C)c2ccc3c(c2)C(C)(C)CCC3(C)C)c1. The van der Waals surface area contributed by atoms with Gasteiger partial charge in [-0.1, -0.05) is 152 Å². The van der Waals surface area contributed by atoms with Crippen LogP contribution in [0.1, 0.15) is 109 Å². The van der Waals surface area contributed by atoms with Gasteiger partial charge in [-0.15, -0.1) is 0 Å². The Hall–Kier alpha value is -5.86. The van der Waals surface area contributed by atoms with Crippen LogP contribution in [0.5, 0.6) is 0 Å². The Morgan fingerprint density at radius 2 is 0.836 bits per heavy atom. The molecule has 61 heavy (non-hydrogen) atoms. The first-order valence-corrected chi connectivity index (χ1v) is 22.4. The first-order chi connectivity index (χ1) is 29.1. The third-order valence-electron chi connectivity index (χ3n) is 14.2. The number of hydrogen-bond acceptors (Lipinski definition) is 2. The van der Waals surface area contributed by atoms with Crippen LogP contribution in [0.15, 0.2) is 158 Å². The van der Waals surface area contributed by atoms with E-state index in [0.717, 1.165) is 11.4 Å². The Morgan fingerprint density at radius 3 is 1.36 bits per heavy atom. The van der Waals surface area contributed by atoms with Crippen molar-refractivity contribution < 1.29 is 0 Å². The normalized spacial score (nSPS) is 16.9. The predicted molar refractivity (Wildman–Crippen MR) is 262 cm³/mol. The molecule has 0 bridgehead atoms. The Labute approximate surface area is 365 Å². The second kappa shape index (κ2) is 15.2. The summed E-state index contributed by atoms with van der Waals surface area (Å²) in [7, 11) is 0. The van der Waals surface area contributed by atoms with E-state index in [0.29, 0.717) is 0 Å². The van der Waals surface area contributed by atoms with Crippen molar-refractivity contribution in [2.24, 2.45) is 0 Å². The second-order valence-corrected chi connectivity index (χ2v) is 20.6. The van der Waals surface area contributed by atoms with Crippen molar-refractivity contribution in [2.45, 2.75) is 110 Å². The van der Waals surface area contributed by atoms with Gasteiger partial charge in [-0.3, -0.25) is 0 Å². The Kier molecular flexibility index (Phi) is 10.1. The van der Waals surface area contributed by atoms with Gasteiger partial charge in [-0.25, -0.2) is 0 Å². The molecule has 308 valence electrons. The molecule has 0 saturated heterocycles. The molecule has 7 aromatic rings. The van der Waals surface area contributed by atoms with Crippen molar-refractivity contribution in [3.8, 4) is 33.4 Å². The average Bonchev–Trinajstić information content (AvgIpc) is 3.25. The lowest BCUT2D eigenvalue weighted by molar-refractivity contribution is 0.332. The number of benzene rings is 7. The molecule has 0 amide bonds. The van der Waals surface area contributed by atoms with E-state index in [2.05, 4.69) is 230 Å². The minimum absolute atomic E-state index is 0.0872. The van der Waals surface area contributed by atoms with Gasteiger partial charge in [0, 0.05) is 34.0 Å². The number of nitrogens with zero attached hydrogens (tertiary/aromatic N) is 1. The molecule has 0 atom stereocenters. The van der Waals surface area contributed by atoms with Gasteiger partial charge in [0.05, 0.1) is 0 Å². The largest absolute Gasteiger partial charge is 0.355 e. The molecule has 0 fully saturated rings. The quantitative estimate of drug-likeness (QED) is 0.165. The number of aryl methyl sites for hydroxylation is 1. The van der Waals surface area contributed by atoms with Gasteiger partial charge in [0.25, 0.3) is 0 Å². The maximum absolute atomic E-state index is 3.85. The second-order valence-electron chi connectivity index (χ2n) is 20.6. The molecule has 0 aliphatic heterocycles. The molecule has 0 spiro atoms. The lowest BCUT2D eigenvalue weighted by Gasteiger charge is -2.43. The molecule has 2 aliphatic rings. The molecule has 0 saturated carbocycles. The standard InChI is InChI=1S/C59H62N2/c1-40-34-45(50-37-44(42-18-14-11-15-19-42)22-29-55(50)60-46-23-20-43(21-24-46)41-16-12-10-13-17-41)36-49(35-40)61(47-25-27-51-53(38-47)58(6,7)32-30-56(51,2)3)48-26-28-52-54(39-48)59(8,9)33-31-57(52,4)5/h10-29,34-39,60H,30-33H2,1-9H3. The number of fused-ring (bicyclic) bond motifs is 2. The molecular formula is C59H62N2. The van der Waals surface area contributed by atoms with E-state index in [1.165, 1.54) is 104 Å². The summed E-state index contributed by atoms with van der Waals surface area (Å²) in [6.45, 7) is 21.7. The van der Waals surface area contributed by atoms with Crippen molar-refractivity contribution in [1.82, 2.24) is 0 Å². The summed E-state index contributed by atoms with van der Waals surface area (Å²) in [5.41, 5.74) is 20.5. The summed E-state index contributed by atoms with van der Waals surface area (Å²) < 4.78 is 0. The fraction of sp³-hybridized carbons (Fsp3) is 0.288. The Morgan fingerprint density at radius 1 is 0.377 bits per heavy atom. The van der Waals surface area contributed by atoms with E-state index in [1.807, 2.05) is 0 Å². The fourth-order valence-electron chi connectivity index (χ4n) is 10.2. The van der Waals surface area contributed by atoms with Gasteiger partial charge < -0.3 is 10.2 Å². The maximum atomic E-state index is 3.85. The zero-order valence-electron chi connectivity index (χ0n) is 37.8. The minimum Gasteiger partial charge on any atom is -0.355 e. The highest BCUT2D eigenvalue weighted by Crippen LogP contribution is 2.51. The van der Waals surface area contributed by atoms with Crippen molar-refractivity contribution in [2.75, 3.05) is 10.2 Å². The van der Waals surface area contributed by atoms with Gasteiger partial charge in [0.1, 0.15) is 0 Å². The zero-order valence-corrected chi connectivity index (χ0v) is 37.8. The van der Waals surface area contributed by atoms with Gasteiger partial charge in [-0.2, -0.15) is 0 Å². The monoisotopic (exact) mass is 798 g/mol. The number of hydrogen-bond donors (Lipinski definition) is 1. The summed E-state index contributed by atoms with van der Waals surface area (Å²) in [5, 5.41) is 3.85. The maximum Gasteiger partial charge on any atom is 0.0470 e. The third kappa shape index (κ3) is 7.83. The molecule has 1 N–H and O–H groups in total. The number of rotatable bonds is 8. The zero-order chi connectivity index (χ0) is 42.7. The lowest BCUT2D eigenvalue weighted by Crippen LogP contribution is -2.34. The van der Waals surface area contributed by atoms with E-state index in [9.17, 15) is 0 Å². The molecular weight excluding hydrogens is 737 g/mol. The first kappa shape index (κ1) is 40.5. The van der Waals surface area contributed by atoms with Crippen molar-refractivity contribution in [3.63, 3.8) is 0 Å². The van der Waals surface area contributed by atoms with Crippen molar-refractivity contribution in [1.29, 1.82) is 0 Å². The molecule has 2 heteroatoms. The molecule has 0 unspecified atom stereocenters. The fourth-order valence-corrected chi connectivity index (χ4v) is 10.2. The van der Waals surface area contributed by atoms with Crippen LogP contribution in [0.4, 0.5) is 28.4 Å². The van der Waals surface area contributed by atoms with Gasteiger partial charge in [0.2, 0.25) is 0 Å². The van der Waals surface area contributed by atoms with Crippen LogP contribution in [0.2, 0.25) is 0 Å². The third-order valence-corrected chi connectivity index (χ3v) is 14.2. The van der Waals surface area contributed by atoms with Crippen LogP contribution in [0.3, 0.4) is 0 Å². The first-order valence-electron chi connectivity index (χ1n) is 22.4. The van der Waals surface area contributed by atoms with Crippen LogP contribution in [-0.2, 0) is 21.7 Å². The lowest BCUT2D eigenvalue weighted by atomic mass is 9.63. The van der Waals surface area contributed by atoms with E-state index >= 15 is 0 Å². The van der Waals surface area contributed by atoms with Crippen LogP contribution in [0.25, 0.3) is 33.4 Å². The van der Waals surface area contributed by atoms with E-state index in [1.54, 1.807) is 0 Å². The summed E-state index contributed by atoms with van der Waals surface area (Å²) in [6, 6.07) is 58.9.